The molecule has 0 bridgehead atoms. The summed E-state index contributed by atoms with van der Waals surface area (Å²) in [7, 11) is 0. The molecule has 2 unspecified atom stereocenters. The van der Waals surface area contributed by atoms with Gasteiger partial charge in [0, 0.05) is 12.6 Å². The van der Waals surface area contributed by atoms with E-state index in [9.17, 15) is 14.7 Å². The smallest absolute Gasteiger partial charge is 0.326 e. The molecule has 1 aromatic heterocycles. The predicted molar refractivity (Wildman–Crippen MR) is 62.1 cm³/mol. The molecular formula is C11H15N3O3. The molecule has 6 heteroatoms. The Morgan fingerprint density at radius 2 is 2.35 bits per heavy atom. The lowest BCUT2D eigenvalue weighted by atomic mass is 10.0. The molecule has 0 aliphatic carbocycles. The average molecular weight is 237 g/mol. The summed E-state index contributed by atoms with van der Waals surface area (Å²) >= 11 is 0. The quantitative estimate of drug-likeness (QED) is 0.776. The number of hydrogen-bond acceptors (Lipinski definition) is 4. The van der Waals surface area contributed by atoms with Crippen LogP contribution in [-0.2, 0) is 4.79 Å². The first kappa shape index (κ1) is 11.6. The van der Waals surface area contributed by atoms with E-state index in [0.717, 1.165) is 6.42 Å². The summed E-state index contributed by atoms with van der Waals surface area (Å²) in [5.41, 5.74) is -0.254. The monoisotopic (exact) mass is 237 g/mol. The van der Waals surface area contributed by atoms with E-state index in [4.69, 9.17) is 0 Å². The van der Waals surface area contributed by atoms with E-state index >= 15 is 0 Å². The molecular weight excluding hydrogens is 222 g/mol. The second-order valence-corrected chi connectivity index (χ2v) is 4.43. The summed E-state index contributed by atoms with van der Waals surface area (Å²) in [6, 6.07) is 0.754. The summed E-state index contributed by atoms with van der Waals surface area (Å²) in [6.45, 7) is 4.20. The van der Waals surface area contributed by atoms with Gasteiger partial charge in [0.1, 0.15) is 17.7 Å². The first-order valence-electron chi connectivity index (χ1n) is 5.56. The maximum atomic E-state index is 11.4. The van der Waals surface area contributed by atoms with Crippen LogP contribution in [0.15, 0.2) is 10.9 Å². The highest BCUT2D eigenvalue weighted by molar-refractivity contribution is 5.78. The third-order valence-corrected chi connectivity index (χ3v) is 3.09. The van der Waals surface area contributed by atoms with Crippen LogP contribution in [0.1, 0.15) is 19.2 Å². The molecule has 0 amide bonds. The van der Waals surface area contributed by atoms with E-state index in [-0.39, 0.29) is 11.5 Å². The first-order chi connectivity index (χ1) is 7.99. The molecule has 1 aliphatic rings. The van der Waals surface area contributed by atoms with Gasteiger partial charge in [-0.3, -0.25) is 4.79 Å². The number of aromatic amines is 1. The summed E-state index contributed by atoms with van der Waals surface area (Å²) < 4.78 is 0. The van der Waals surface area contributed by atoms with Crippen LogP contribution in [0.3, 0.4) is 0 Å². The third kappa shape index (κ3) is 2.15. The maximum absolute atomic E-state index is 11.4. The van der Waals surface area contributed by atoms with Crippen LogP contribution in [0.5, 0.6) is 0 Å². The van der Waals surface area contributed by atoms with Gasteiger partial charge in [-0.05, 0) is 19.3 Å². The molecule has 1 aliphatic heterocycles. The number of aliphatic carboxylic acids is 1. The Kier molecular flexibility index (Phi) is 2.87. The first-order valence-corrected chi connectivity index (χ1v) is 5.56. The van der Waals surface area contributed by atoms with Crippen molar-refractivity contribution in [1.29, 1.82) is 0 Å². The molecule has 0 spiro atoms. The van der Waals surface area contributed by atoms with Crippen LogP contribution in [0.25, 0.3) is 0 Å². The Hall–Kier alpha value is -1.85. The van der Waals surface area contributed by atoms with Crippen LogP contribution in [-0.4, -0.2) is 33.6 Å². The van der Waals surface area contributed by atoms with Crippen LogP contribution >= 0.6 is 0 Å². The summed E-state index contributed by atoms with van der Waals surface area (Å²) in [6.07, 6.45) is 0.796. The SMILES string of the molecule is Cc1nc(N2CCC(C)C2C(=O)O)cc(=O)[nH]1. The van der Waals surface area contributed by atoms with Gasteiger partial charge in [0.15, 0.2) is 0 Å². The Balaban J connectivity index is 2.39. The molecule has 2 atom stereocenters. The fraction of sp³-hybridized carbons (Fsp3) is 0.545. The number of carbonyl (C=O) groups is 1. The van der Waals surface area contributed by atoms with Crippen molar-refractivity contribution < 1.29 is 9.90 Å². The van der Waals surface area contributed by atoms with Gasteiger partial charge in [0.25, 0.3) is 5.56 Å². The molecule has 1 aromatic rings. The van der Waals surface area contributed by atoms with Crippen molar-refractivity contribution >= 4 is 11.8 Å². The maximum Gasteiger partial charge on any atom is 0.326 e. The zero-order valence-corrected chi connectivity index (χ0v) is 9.80. The summed E-state index contributed by atoms with van der Waals surface area (Å²) in [4.78, 5) is 31.0. The van der Waals surface area contributed by atoms with Crippen LogP contribution < -0.4 is 10.5 Å². The lowest BCUT2D eigenvalue weighted by Crippen LogP contribution is -2.40. The molecule has 2 rings (SSSR count). The number of rotatable bonds is 2. The van der Waals surface area contributed by atoms with Gasteiger partial charge in [-0.2, -0.15) is 0 Å². The van der Waals surface area contributed by atoms with Crippen molar-refractivity contribution in [2.45, 2.75) is 26.3 Å². The molecule has 2 heterocycles. The molecule has 17 heavy (non-hydrogen) atoms. The normalized spacial score (nSPS) is 24.0. The average Bonchev–Trinajstić information content (AvgIpc) is 2.58. The topological polar surface area (TPSA) is 86.3 Å². The third-order valence-electron chi connectivity index (χ3n) is 3.09. The number of nitrogens with one attached hydrogen (secondary N) is 1. The number of nitrogens with zero attached hydrogens (tertiary/aromatic N) is 2. The zero-order valence-electron chi connectivity index (χ0n) is 9.80. The highest BCUT2D eigenvalue weighted by atomic mass is 16.4. The molecule has 0 aromatic carbocycles. The van der Waals surface area contributed by atoms with Crippen LogP contribution in [0, 0.1) is 12.8 Å². The number of carboxylic acid groups (broad SMARTS) is 1. The van der Waals surface area contributed by atoms with E-state index in [2.05, 4.69) is 9.97 Å². The second kappa shape index (κ2) is 4.20. The minimum Gasteiger partial charge on any atom is -0.480 e. The number of hydrogen-bond donors (Lipinski definition) is 2. The highest BCUT2D eigenvalue weighted by Gasteiger charge is 2.37. The summed E-state index contributed by atoms with van der Waals surface area (Å²) in [5, 5.41) is 9.20. The number of anilines is 1. The molecule has 0 radical (unpaired) electrons. The van der Waals surface area contributed by atoms with E-state index in [0.29, 0.717) is 18.2 Å². The van der Waals surface area contributed by atoms with Crippen LogP contribution in [0.4, 0.5) is 5.82 Å². The largest absolute Gasteiger partial charge is 0.480 e. The van der Waals surface area contributed by atoms with Crippen molar-refractivity contribution in [2.24, 2.45) is 5.92 Å². The van der Waals surface area contributed by atoms with Crippen molar-refractivity contribution in [1.82, 2.24) is 9.97 Å². The van der Waals surface area contributed by atoms with Crippen molar-refractivity contribution in [3.63, 3.8) is 0 Å². The molecule has 1 fully saturated rings. The van der Waals surface area contributed by atoms with E-state index in [1.807, 2.05) is 6.92 Å². The van der Waals surface area contributed by atoms with Gasteiger partial charge < -0.3 is 15.0 Å². The molecule has 0 saturated carbocycles. The van der Waals surface area contributed by atoms with Crippen molar-refractivity contribution in [3.05, 3.63) is 22.2 Å². The van der Waals surface area contributed by atoms with Crippen molar-refractivity contribution in [2.75, 3.05) is 11.4 Å². The van der Waals surface area contributed by atoms with Crippen molar-refractivity contribution in [3.8, 4) is 0 Å². The highest BCUT2D eigenvalue weighted by Crippen LogP contribution is 2.27. The molecule has 92 valence electrons. The van der Waals surface area contributed by atoms with Gasteiger partial charge >= 0.3 is 5.97 Å². The zero-order chi connectivity index (χ0) is 12.6. The summed E-state index contributed by atoms with van der Waals surface area (Å²) in [5.74, 6) is 0.142. The molecule has 1 saturated heterocycles. The Labute approximate surface area is 98.3 Å². The minimum absolute atomic E-state index is 0.0638. The van der Waals surface area contributed by atoms with Crippen LogP contribution in [0.2, 0.25) is 0 Å². The fourth-order valence-corrected chi connectivity index (χ4v) is 2.29. The Bertz CT molecular complexity index is 497. The van der Waals surface area contributed by atoms with E-state index < -0.39 is 12.0 Å². The number of H-pyrrole nitrogens is 1. The molecule has 2 N–H and O–H groups in total. The van der Waals surface area contributed by atoms with Gasteiger partial charge in [0.05, 0.1) is 0 Å². The number of aryl methyl sites for hydroxylation is 1. The van der Waals surface area contributed by atoms with Gasteiger partial charge in [0.2, 0.25) is 0 Å². The molecule has 6 nitrogen and oxygen atoms in total. The van der Waals surface area contributed by atoms with Gasteiger partial charge in [-0.25, -0.2) is 9.78 Å². The standard InChI is InChI=1S/C11H15N3O3/c1-6-3-4-14(10(6)11(16)17)8-5-9(15)13-7(2)12-8/h5-6,10H,3-4H2,1-2H3,(H,16,17)(H,12,13,15). The number of aromatic nitrogens is 2. The number of carboxylic acids is 1. The van der Waals surface area contributed by atoms with E-state index in [1.165, 1.54) is 6.07 Å². The lowest BCUT2D eigenvalue weighted by Gasteiger charge is -2.24. The van der Waals surface area contributed by atoms with E-state index in [1.54, 1.807) is 11.8 Å². The Morgan fingerprint density at radius 1 is 1.65 bits per heavy atom. The second-order valence-electron chi connectivity index (χ2n) is 4.43. The predicted octanol–water partition coefficient (Wildman–Crippen LogP) is 0.378. The lowest BCUT2D eigenvalue weighted by molar-refractivity contribution is -0.139. The fourth-order valence-electron chi connectivity index (χ4n) is 2.29. The van der Waals surface area contributed by atoms with Gasteiger partial charge in [-0.1, -0.05) is 6.92 Å². The Morgan fingerprint density at radius 3 is 2.94 bits per heavy atom. The minimum atomic E-state index is -0.866. The van der Waals surface area contributed by atoms with Gasteiger partial charge in [-0.15, -0.1) is 0 Å².